The molecule has 0 aliphatic rings. The van der Waals surface area contributed by atoms with E-state index in [0.29, 0.717) is 0 Å². The Kier molecular flexibility index (Phi) is 9.53. The fraction of sp³-hybridized carbons (Fsp3) is 0. The molecule has 0 radical (unpaired) electrons. The molecule has 14 aromatic rings. The number of hydrogen-bond acceptors (Lipinski definition) is 3. The van der Waals surface area contributed by atoms with Gasteiger partial charge in [0.15, 0.2) is 0 Å². The van der Waals surface area contributed by atoms with Crippen molar-refractivity contribution in [3.63, 3.8) is 0 Å². The summed E-state index contributed by atoms with van der Waals surface area (Å²) in [5.41, 5.74) is 18.2. The molecule has 3 heteroatoms. The average molecular weight is 906 g/mol. The van der Waals surface area contributed by atoms with E-state index in [1.165, 1.54) is 44.2 Å². The van der Waals surface area contributed by atoms with Crippen LogP contribution < -0.4 is 4.90 Å². The van der Waals surface area contributed by atoms with E-state index in [1.54, 1.807) is 0 Å². The number of furan rings is 2. The Morgan fingerprint density at radius 3 is 1.18 bits per heavy atom. The summed E-state index contributed by atoms with van der Waals surface area (Å²) < 4.78 is 13.1. The average Bonchev–Trinajstić information content (AvgIpc) is 4.01. The van der Waals surface area contributed by atoms with Crippen LogP contribution in [0.3, 0.4) is 0 Å². The Morgan fingerprint density at radius 1 is 0.239 bits per heavy atom. The Balaban J connectivity index is 1.07. The molecule has 14 rings (SSSR count). The zero-order valence-corrected chi connectivity index (χ0v) is 38.6. The number of anilines is 3. The van der Waals surface area contributed by atoms with Crippen molar-refractivity contribution in [2.75, 3.05) is 4.90 Å². The molecule has 0 fully saturated rings. The molecule has 0 bridgehead atoms. The Hall–Kier alpha value is -9.44. The SMILES string of the molecule is c1ccc(-c2c(-c3ccccc3)c(-c3ccccc3)c3c(-c4ccc(N(c5ccc6c(c5)oc5ccccc56)c5ccc6c(c5)oc5ccccc56)c5ccccc45)cccc3c2-c2ccccc2)cc1. The van der Waals surface area contributed by atoms with E-state index in [4.69, 9.17) is 8.83 Å². The van der Waals surface area contributed by atoms with Crippen molar-refractivity contribution in [3.8, 4) is 55.6 Å². The van der Waals surface area contributed by atoms with Gasteiger partial charge >= 0.3 is 0 Å². The van der Waals surface area contributed by atoms with Gasteiger partial charge in [0.05, 0.1) is 5.69 Å². The predicted octanol–water partition coefficient (Wildman–Crippen LogP) is 19.6. The van der Waals surface area contributed by atoms with Gasteiger partial charge in [-0.15, -0.1) is 0 Å². The van der Waals surface area contributed by atoms with Gasteiger partial charge in [-0.05, 0) is 114 Å². The highest BCUT2D eigenvalue weighted by molar-refractivity contribution is 6.24. The maximum absolute atomic E-state index is 6.55. The van der Waals surface area contributed by atoms with Gasteiger partial charge in [-0.1, -0.05) is 206 Å². The molecule has 332 valence electrons. The third-order valence-corrected chi connectivity index (χ3v) is 14.3. The number of rotatable bonds is 8. The summed E-state index contributed by atoms with van der Waals surface area (Å²) in [4.78, 5) is 2.36. The van der Waals surface area contributed by atoms with E-state index >= 15 is 0 Å². The Labute approximate surface area is 410 Å². The zero-order valence-electron chi connectivity index (χ0n) is 38.6. The lowest BCUT2D eigenvalue weighted by molar-refractivity contribution is 0.669. The van der Waals surface area contributed by atoms with Crippen LogP contribution in [0.2, 0.25) is 0 Å². The minimum absolute atomic E-state index is 0.835. The van der Waals surface area contributed by atoms with Crippen LogP contribution in [0.5, 0.6) is 0 Å². The molecule has 2 aromatic heterocycles. The lowest BCUT2D eigenvalue weighted by atomic mass is 9.77. The minimum Gasteiger partial charge on any atom is -0.456 e. The summed E-state index contributed by atoms with van der Waals surface area (Å²) in [6.45, 7) is 0. The predicted molar refractivity (Wildman–Crippen MR) is 298 cm³/mol. The summed E-state index contributed by atoms with van der Waals surface area (Å²) in [5, 5.41) is 9.04. The topological polar surface area (TPSA) is 29.5 Å². The molecular formula is C68H43NO2. The van der Waals surface area contributed by atoms with Gasteiger partial charge in [-0.2, -0.15) is 0 Å². The molecule has 0 saturated heterocycles. The molecule has 0 aliphatic heterocycles. The summed E-state index contributed by atoms with van der Waals surface area (Å²) in [6.07, 6.45) is 0. The van der Waals surface area contributed by atoms with E-state index in [2.05, 4.69) is 241 Å². The fourth-order valence-electron chi connectivity index (χ4n) is 11.2. The quantitative estimate of drug-likeness (QED) is 0.152. The zero-order chi connectivity index (χ0) is 46.8. The van der Waals surface area contributed by atoms with Gasteiger partial charge in [0.25, 0.3) is 0 Å². The van der Waals surface area contributed by atoms with Crippen molar-refractivity contribution in [2.24, 2.45) is 0 Å². The van der Waals surface area contributed by atoms with Crippen LogP contribution in [0.1, 0.15) is 0 Å². The maximum atomic E-state index is 6.55. The van der Waals surface area contributed by atoms with Gasteiger partial charge in [0, 0.05) is 50.4 Å². The van der Waals surface area contributed by atoms with Gasteiger partial charge in [-0.3, -0.25) is 0 Å². The number of nitrogens with zero attached hydrogens (tertiary/aromatic N) is 1. The van der Waals surface area contributed by atoms with Crippen molar-refractivity contribution in [2.45, 2.75) is 0 Å². The smallest absolute Gasteiger partial charge is 0.137 e. The van der Waals surface area contributed by atoms with Crippen LogP contribution in [0.4, 0.5) is 17.1 Å². The van der Waals surface area contributed by atoms with E-state index < -0.39 is 0 Å². The van der Waals surface area contributed by atoms with Crippen LogP contribution in [-0.4, -0.2) is 0 Å². The number of fused-ring (bicyclic) bond motifs is 8. The van der Waals surface area contributed by atoms with E-state index in [0.717, 1.165) is 94.0 Å². The van der Waals surface area contributed by atoms with Crippen LogP contribution in [0, 0.1) is 0 Å². The van der Waals surface area contributed by atoms with Gasteiger partial charge in [-0.25, -0.2) is 0 Å². The number of benzene rings is 12. The molecule has 0 saturated carbocycles. The highest BCUT2D eigenvalue weighted by Crippen LogP contribution is 2.54. The first-order valence-corrected chi connectivity index (χ1v) is 24.2. The first-order valence-electron chi connectivity index (χ1n) is 24.2. The van der Waals surface area contributed by atoms with Gasteiger partial charge in [0.1, 0.15) is 22.3 Å². The molecule has 0 aliphatic carbocycles. The maximum Gasteiger partial charge on any atom is 0.137 e. The molecule has 0 unspecified atom stereocenters. The fourth-order valence-corrected chi connectivity index (χ4v) is 11.2. The molecule has 0 atom stereocenters. The second-order valence-electron chi connectivity index (χ2n) is 18.3. The molecular weight excluding hydrogens is 863 g/mol. The Bertz CT molecular complexity index is 4210. The molecule has 0 spiro atoms. The van der Waals surface area contributed by atoms with Crippen molar-refractivity contribution in [1.82, 2.24) is 0 Å². The van der Waals surface area contributed by atoms with E-state index in [1.807, 2.05) is 24.3 Å². The number of para-hydroxylation sites is 2. The van der Waals surface area contributed by atoms with Crippen LogP contribution in [0.15, 0.2) is 270 Å². The Morgan fingerprint density at radius 2 is 0.648 bits per heavy atom. The lowest BCUT2D eigenvalue weighted by Crippen LogP contribution is -2.10. The van der Waals surface area contributed by atoms with Crippen molar-refractivity contribution >= 4 is 82.5 Å². The molecule has 2 heterocycles. The van der Waals surface area contributed by atoms with E-state index in [9.17, 15) is 0 Å². The monoisotopic (exact) mass is 905 g/mol. The highest BCUT2D eigenvalue weighted by Gasteiger charge is 2.27. The third kappa shape index (κ3) is 6.66. The van der Waals surface area contributed by atoms with Crippen LogP contribution in [0.25, 0.3) is 121 Å². The summed E-state index contributed by atoms with van der Waals surface area (Å²) in [6, 6.07) is 93.9. The first-order chi connectivity index (χ1) is 35.2. The molecule has 3 nitrogen and oxygen atoms in total. The lowest BCUT2D eigenvalue weighted by Gasteiger charge is -2.28. The van der Waals surface area contributed by atoms with Crippen molar-refractivity contribution < 1.29 is 8.83 Å². The molecule has 12 aromatic carbocycles. The standard InChI is InChI=1S/C68H43NO2/c1-5-20-44(21-6-1)64-58-33-19-32-57(68(58)67(47-26-11-4-12-27-47)66(46-24-9-3-10-25-46)65(64)45-22-7-2-8-23-45)51-40-41-59(52-29-14-13-28-50(51)52)69(48-36-38-55-53-30-15-17-34-60(53)70-62(55)42-48)49-37-39-56-54-31-16-18-35-61(54)71-63(56)43-49/h1-43H. The minimum atomic E-state index is 0.835. The molecule has 0 N–H and O–H groups in total. The van der Waals surface area contributed by atoms with Crippen molar-refractivity contribution in [3.05, 3.63) is 261 Å². The normalized spacial score (nSPS) is 11.7. The van der Waals surface area contributed by atoms with Crippen molar-refractivity contribution in [1.29, 1.82) is 0 Å². The first kappa shape index (κ1) is 40.6. The second-order valence-corrected chi connectivity index (χ2v) is 18.3. The van der Waals surface area contributed by atoms with Gasteiger partial charge in [0.2, 0.25) is 0 Å². The van der Waals surface area contributed by atoms with E-state index in [-0.39, 0.29) is 0 Å². The van der Waals surface area contributed by atoms with Crippen LogP contribution >= 0.6 is 0 Å². The molecule has 0 amide bonds. The van der Waals surface area contributed by atoms with Crippen LogP contribution in [-0.2, 0) is 0 Å². The van der Waals surface area contributed by atoms with Gasteiger partial charge < -0.3 is 13.7 Å². The third-order valence-electron chi connectivity index (χ3n) is 14.3. The highest BCUT2D eigenvalue weighted by atomic mass is 16.3. The largest absolute Gasteiger partial charge is 0.456 e. The number of hydrogen-bond donors (Lipinski definition) is 0. The molecule has 71 heavy (non-hydrogen) atoms. The summed E-state index contributed by atoms with van der Waals surface area (Å²) in [5.74, 6) is 0. The summed E-state index contributed by atoms with van der Waals surface area (Å²) in [7, 11) is 0. The summed E-state index contributed by atoms with van der Waals surface area (Å²) >= 11 is 0. The second kappa shape index (κ2) is 16.7.